The molecule has 1 heterocycles. The average Bonchev–Trinajstić information content (AvgIpc) is 2.30. The van der Waals surface area contributed by atoms with Gasteiger partial charge < -0.3 is 5.73 Å². The molecule has 66 valence electrons. The molecule has 1 fully saturated rings. The Morgan fingerprint density at radius 3 is 2.17 bits per heavy atom. The summed E-state index contributed by atoms with van der Waals surface area (Å²) in [6.45, 7) is 0. The van der Waals surface area contributed by atoms with Crippen LogP contribution < -0.4 is 5.73 Å². The van der Waals surface area contributed by atoms with E-state index in [2.05, 4.69) is 5.73 Å². The second-order valence-corrected chi connectivity index (χ2v) is 2.23. The minimum Gasteiger partial charge on any atom is -0.348 e. The lowest BCUT2D eigenvalue weighted by Gasteiger charge is -2.20. The van der Waals surface area contributed by atoms with Crippen molar-refractivity contribution in [3.05, 3.63) is 0 Å². The highest BCUT2D eigenvalue weighted by atomic mass is 16.6. The van der Waals surface area contributed by atoms with E-state index in [1.54, 1.807) is 0 Å². The maximum atomic E-state index is 10.8. The van der Waals surface area contributed by atoms with Crippen LogP contribution in [0, 0.1) is 0 Å². The van der Waals surface area contributed by atoms with Crippen molar-refractivity contribution in [3.63, 3.8) is 0 Å². The molecule has 0 radical (unpaired) electrons. The number of hydroxylamine groups is 1. The molecule has 1 saturated heterocycles. The fourth-order valence-corrected chi connectivity index (χ4v) is 0.875. The molecular formula is C5H7N3O4. The molecule has 1 aliphatic heterocycles. The number of hydrogen-bond donors (Lipinski definition) is 2. The summed E-state index contributed by atoms with van der Waals surface area (Å²) in [6, 6.07) is -1.27. The topological polar surface area (TPSA) is 104 Å². The second-order valence-electron chi connectivity index (χ2n) is 2.23. The quantitative estimate of drug-likeness (QED) is 0.296. The molecule has 0 aromatic heterocycles. The number of hydrazine groups is 1. The SMILES string of the molecule is NC(=O)N(O)N1C(=O)CCC1=O. The Bertz CT molecular complexity index is 235. The van der Waals surface area contributed by atoms with E-state index >= 15 is 0 Å². The van der Waals surface area contributed by atoms with Crippen molar-refractivity contribution in [1.29, 1.82) is 0 Å². The normalized spacial score (nSPS) is 16.9. The summed E-state index contributed by atoms with van der Waals surface area (Å²) in [5, 5.41) is 8.95. The molecule has 4 amide bonds. The number of carbonyl (C=O) groups is 3. The van der Waals surface area contributed by atoms with Crippen molar-refractivity contribution in [1.82, 2.24) is 10.2 Å². The van der Waals surface area contributed by atoms with Crippen molar-refractivity contribution >= 4 is 17.8 Å². The summed E-state index contributed by atoms with van der Waals surface area (Å²) in [5.41, 5.74) is 4.63. The molecule has 1 rings (SSSR count). The molecule has 0 aromatic rings. The first-order chi connectivity index (χ1) is 5.54. The van der Waals surface area contributed by atoms with Gasteiger partial charge in [0.25, 0.3) is 11.8 Å². The molecule has 0 aliphatic carbocycles. The summed E-state index contributed by atoms with van der Waals surface area (Å²) >= 11 is 0. The van der Waals surface area contributed by atoms with Gasteiger partial charge in [0, 0.05) is 12.8 Å². The van der Waals surface area contributed by atoms with Crippen LogP contribution >= 0.6 is 0 Å². The number of imide groups is 1. The molecule has 3 N–H and O–H groups in total. The predicted octanol–water partition coefficient (Wildman–Crippen LogP) is -1.18. The Morgan fingerprint density at radius 1 is 1.42 bits per heavy atom. The summed E-state index contributed by atoms with van der Waals surface area (Å²) in [4.78, 5) is 32.0. The largest absolute Gasteiger partial charge is 0.359 e. The number of primary amides is 1. The van der Waals surface area contributed by atoms with Crippen molar-refractivity contribution in [2.45, 2.75) is 12.8 Å². The molecule has 0 aromatic carbocycles. The third-order valence-corrected chi connectivity index (χ3v) is 1.41. The minimum absolute atomic E-state index is 0.0107. The summed E-state index contributed by atoms with van der Waals surface area (Å²) in [6.07, 6.45) is -0.0215. The molecule has 0 saturated carbocycles. The first-order valence-electron chi connectivity index (χ1n) is 3.18. The minimum atomic E-state index is -1.27. The van der Waals surface area contributed by atoms with E-state index in [1.807, 2.05) is 0 Å². The smallest absolute Gasteiger partial charge is 0.348 e. The zero-order valence-corrected chi connectivity index (χ0v) is 6.06. The van der Waals surface area contributed by atoms with Gasteiger partial charge >= 0.3 is 6.03 Å². The average molecular weight is 173 g/mol. The Labute approximate surface area is 67.3 Å². The Kier molecular flexibility index (Phi) is 1.96. The Hall–Kier alpha value is -1.63. The first-order valence-corrected chi connectivity index (χ1v) is 3.18. The molecule has 7 heteroatoms. The van der Waals surface area contributed by atoms with E-state index < -0.39 is 17.8 Å². The van der Waals surface area contributed by atoms with Crippen LogP contribution in [-0.2, 0) is 9.59 Å². The van der Waals surface area contributed by atoms with Gasteiger partial charge in [-0.05, 0) is 0 Å². The van der Waals surface area contributed by atoms with E-state index in [-0.39, 0.29) is 18.0 Å². The number of hydrogen-bond acceptors (Lipinski definition) is 4. The van der Waals surface area contributed by atoms with Gasteiger partial charge in [-0.25, -0.2) is 4.79 Å². The van der Waals surface area contributed by atoms with Crippen molar-refractivity contribution in [2.24, 2.45) is 5.73 Å². The third-order valence-electron chi connectivity index (χ3n) is 1.41. The summed E-state index contributed by atoms with van der Waals surface area (Å²) < 4.78 is 0. The summed E-state index contributed by atoms with van der Waals surface area (Å²) in [5.74, 6) is -1.28. The lowest BCUT2D eigenvalue weighted by Crippen LogP contribution is -2.49. The molecule has 7 nitrogen and oxygen atoms in total. The lowest BCUT2D eigenvalue weighted by atomic mass is 10.4. The van der Waals surface area contributed by atoms with Crippen LogP contribution in [0.4, 0.5) is 4.79 Å². The van der Waals surface area contributed by atoms with Gasteiger partial charge in [0.15, 0.2) is 0 Å². The lowest BCUT2D eigenvalue weighted by molar-refractivity contribution is -0.201. The molecule has 1 aliphatic rings. The standard InChI is InChI=1S/C5H7N3O4/c6-5(11)8(12)7-3(9)1-2-4(7)10/h12H,1-2H2,(H2,6,11). The second kappa shape index (κ2) is 2.78. The molecule has 12 heavy (non-hydrogen) atoms. The van der Waals surface area contributed by atoms with Crippen LogP contribution in [0.1, 0.15) is 12.8 Å². The molecule has 0 spiro atoms. The maximum Gasteiger partial charge on any atom is 0.359 e. The van der Waals surface area contributed by atoms with Crippen molar-refractivity contribution < 1.29 is 19.6 Å². The molecule has 0 unspecified atom stereocenters. The highest BCUT2D eigenvalue weighted by molar-refractivity contribution is 6.02. The molecular weight excluding hydrogens is 166 g/mol. The number of urea groups is 1. The van der Waals surface area contributed by atoms with Gasteiger partial charge in [0.05, 0.1) is 0 Å². The first kappa shape index (κ1) is 8.47. The summed E-state index contributed by atoms with van der Waals surface area (Å²) in [7, 11) is 0. The Morgan fingerprint density at radius 2 is 1.83 bits per heavy atom. The van der Waals surface area contributed by atoms with Gasteiger partial charge in [0.1, 0.15) is 0 Å². The van der Waals surface area contributed by atoms with Gasteiger partial charge in [-0.15, -0.1) is 0 Å². The van der Waals surface area contributed by atoms with Crippen LogP contribution in [0.5, 0.6) is 0 Å². The fraction of sp³-hybridized carbons (Fsp3) is 0.400. The predicted molar refractivity (Wildman–Crippen MR) is 34.3 cm³/mol. The number of rotatable bonds is 1. The zero-order valence-electron chi connectivity index (χ0n) is 6.06. The highest BCUT2D eigenvalue weighted by Crippen LogP contribution is 2.12. The number of carbonyl (C=O) groups excluding carboxylic acids is 3. The number of amides is 4. The fourth-order valence-electron chi connectivity index (χ4n) is 0.875. The van der Waals surface area contributed by atoms with Gasteiger partial charge in [-0.1, -0.05) is 5.17 Å². The van der Waals surface area contributed by atoms with E-state index in [4.69, 9.17) is 5.21 Å². The van der Waals surface area contributed by atoms with Gasteiger partial charge in [-0.3, -0.25) is 14.8 Å². The monoisotopic (exact) mass is 173 g/mol. The number of nitrogens with zero attached hydrogens (tertiary/aromatic N) is 2. The van der Waals surface area contributed by atoms with Crippen molar-refractivity contribution in [3.8, 4) is 0 Å². The zero-order chi connectivity index (χ0) is 9.30. The Balaban J connectivity index is 2.79. The maximum absolute atomic E-state index is 10.8. The number of nitrogens with two attached hydrogens (primary N) is 1. The van der Waals surface area contributed by atoms with Crippen LogP contribution in [0.15, 0.2) is 0 Å². The highest BCUT2D eigenvalue weighted by Gasteiger charge is 2.35. The van der Waals surface area contributed by atoms with Crippen LogP contribution in [0.3, 0.4) is 0 Å². The van der Waals surface area contributed by atoms with E-state index in [9.17, 15) is 14.4 Å². The van der Waals surface area contributed by atoms with E-state index in [1.165, 1.54) is 0 Å². The third kappa shape index (κ3) is 1.21. The van der Waals surface area contributed by atoms with E-state index in [0.29, 0.717) is 5.01 Å². The van der Waals surface area contributed by atoms with E-state index in [0.717, 1.165) is 0 Å². The van der Waals surface area contributed by atoms with Crippen LogP contribution in [-0.4, -0.2) is 33.2 Å². The molecule has 0 atom stereocenters. The molecule has 0 bridgehead atoms. The van der Waals surface area contributed by atoms with Crippen LogP contribution in [0.25, 0.3) is 0 Å². The van der Waals surface area contributed by atoms with Crippen LogP contribution in [0.2, 0.25) is 0 Å². The van der Waals surface area contributed by atoms with Gasteiger partial charge in [0.2, 0.25) is 0 Å². The van der Waals surface area contributed by atoms with Crippen molar-refractivity contribution in [2.75, 3.05) is 0 Å². The van der Waals surface area contributed by atoms with Gasteiger partial charge in [-0.2, -0.15) is 5.01 Å².